The maximum atomic E-state index is 13.0. The van der Waals surface area contributed by atoms with Gasteiger partial charge in [0, 0.05) is 22.7 Å². The molecule has 0 spiro atoms. The van der Waals surface area contributed by atoms with E-state index in [1.54, 1.807) is 12.1 Å². The Bertz CT molecular complexity index is 1560. The van der Waals surface area contributed by atoms with Crippen LogP contribution in [0.15, 0.2) is 71.9 Å². The number of ether oxygens (including phenoxy) is 1. The maximum Gasteiger partial charge on any atom is 0.416 e. The molecule has 0 bridgehead atoms. The molecule has 0 radical (unpaired) electrons. The number of nitrogen functional groups attached to an aromatic ring is 1. The molecule has 38 heavy (non-hydrogen) atoms. The summed E-state index contributed by atoms with van der Waals surface area (Å²) >= 11 is 1.35. The molecule has 0 atom stereocenters. The highest BCUT2D eigenvalue weighted by Crippen LogP contribution is 2.36. The highest BCUT2D eigenvalue weighted by atomic mass is 32.2. The topological polar surface area (TPSA) is 115 Å². The lowest BCUT2D eigenvalue weighted by atomic mass is 10.0. The number of nitrogens with zero attached hydrogens (tertiary/aromatic N) is 4. The summed E-state index contributed by atoms with van der Waals surface area (Å²) < 4.78 is 45.1. The maximum absolute atomic E-state index is 13.0. The molecule has 196 valence electrons. The van der Waals surface area contributed by atoms with Crippen molar-refractivity contribution in [2.45, 2.75) is 25.2 Å². The van der Waals surface area contributed by atoms with Crippen LogP contribution in [0.2, 0.25) is 0 Å². The number of fused-ring (bicyclic) bond motifs is 1. The largest absolute Gasteiger partial charge is 0.438 e. The number of halogens is 3. The SMILES string of the molecule is CC.CSc1nc(N)cc(Oc2ccc(-c3nc(Nc4cccc(C(F)(F)F)c4)n[nH]3)c3ccccc23)n1. The van der Waals surface area contributed by atoms with E-state index in [1.165, 1.54) is 23.9 Å². The lowest BCUT2D eigenvalue weighted by molar-refractivity contribution is -0.137. The van der Waals surface area contributed by atoms with E-state index in [1.807, 2.05) is 50.4 Å². The first-order valence-electron chi connectivity index (χ1n) is 11.6. The molecule has 3 aromatic carbocycles. The van der Waals surface area contributed by atoms with Crippen molar-refractivity contribution in [3.63, 3.8) is 0 Å². The number of aromatic nitrogens is 5. The normalized spacial score (nSPS) is 11.1. The molecule has 0 aliphatic carbocycles. The molecule has 0 saturated carbocycles. The van der Waals surface area contributed by atoms with Gasteiger partial charge in [-0.25, -0.2) is 4.98 Å². The average molecular weight is 540 g/mol. The van der Waals surface area contributed by atoms with Crippen molar-refractivity contribution in [1.82, 2.24) is 25.1 Å². The third-order valence-electron chi connectivity index (χ3n) is 5.17. The minimum absolute atomic E-state index is 0.134. The van der Waals surface area contributed by atoms with E-state index in [0.717, 1.165) is 28.5 Å². The summed E-state index contributed by atoms with van der Waals surface area (Å²) in [5.41, 5.74) is 6.05. The number of H-pyrrole nitrogens is 1. The first kappa shape index (κ1) is 26.7. The first-order chi connectivity index (χ1) is 18.3. The van der Waals surface area contributed by atoms with Gasteiger partial charge in [0.1, 0.15) is 11.6 Å². The quantitative estimate of drug-likeness (QED) is 0.152. The van der Waals surface area contributed by atoms with Crippen molar-refractivity contribution in [3.8, 4) is 23.0 Å². The molecule has 0 aliphatic rings. The van der Waals surface area contributed by atoms with Crippen LogP contribution in [0.4, 0.5) is 30.6 Å². The Hall–Kier alpha value is -4.32. The number of nitrogens with two attached hydrogens (primary N) is 1. The Balaban J connectivity index is 0.00000164. The molecule has 8 nitrogen and oxygen atoms in total. The molecular weight excluding hydrogens is 515 g/mol. The zero-order valence-corrected chi connectivity index (χ0v) is 21.5. The number of hydrogen-bond donors (Lipinski definition) is 3. The molecule has 0 saturated heterocycles. The predicted molar refractivity (Wildman–Crippen MR) is 144 cm³/mol. The molecule has 0 aliphatic heterocycles. The highest BCUT2D eigenvalue weighted by molar-refractivity contribution is 7.98. The second kappa shape index (κ2) is 11.4. The Labute approximate surface area is 220 Å². The van der Waals surface area contributed by atoms with Gasteiger partial charge >= 0.3 is 6.18 Å². The molecule has 0 fully saturated rings. The van der Waals surface area contributed by atoms with Gasteiger partial charge in [0.2, 0.25) is 11.8 Å². The minimum Gasteiger partial charge on any atom is -0.438 e. The van der Waals surface area contributed by atoms with Crippen LogP contribution >= 0.6 is 11.8 Å². The van der Waals surface area contributed by atoms with Crippen molar-refractivity contribution >= 4 is 40.0 Å². The smallest absolute Gasteiger partial charge is 0.416 e. The van der Waals surface area contributed by atoms with E-state index < -0.39 is 11.7 Å². The van der Waals surface area contributed by atoms with Crippen molar-refractivity contribution in [3.05, 3.63) is 72.3 Å². The molecule has 0 unspecified atom stereocenters. The Kier molecular flexibility index (Phi) is 8.01. The van der Waals surface area contributed by atoms with E-state index in [4.69, 9.17) is 10.5 Å². The van der Waals surface area contributed by atoms with Crippen molar-refractivity contribution < 1.29 is 17.9 Å². The molecule has 2 heterocycles. The standard InChI is InChI=1S/C24H18F3N7OS.C2H6/c1-36-23-30-19(28)12-20(31-23)35-18-10-9-17(15-7-2-3-8-16(15)18)21-32-22(34-33-21)29-14-6-4-5-13(11-14)24(25,26)27;1-2/h2-12H,1H3,(H2,28,30,31)(H2,29,32,33,34);1-2H3. The van der Waals surface area contributed by atoms with Gasteiger partial charge in [0.25, 0.3) is 0 Å². The Morgan fingerprint density at radius 2 is 1.68 bits per heavy atom. The zero-order valence-electron chi connectivity index (χ0n) is 20.7. The molecular formula is C26H24F3N7OS. The van der Waals surface area contributed by atoms with E-state index in [0.29, 0.717) is 28.4 Å². The Morgan fingerprint density at radius 3 is 2.42 bits per heavy atom. The molecule has 2 aromatic heterocycles. The Morgan fingerprint density at radius 1 is 0.921 bits per heavy atom. The second-order valence-corrected chi connectivity index (χ2v) is 8.36. The van der Waals surface area contributed by atoms with Crippen molar-refractivity contribution in [1.29, 1.82) is 0 Å². The van der Waals surface area contributed by atoms with Crippen LogP contribution in [0, 0.1) is 0 Å². The summed E-state index contributed by atoms with van der Waals surface area (Å²) in [6, 6.07) is 17.5. The third kappa shape index (κ3) is 5.97. The fourth-order valence-corrected chi connectivity index (χ4v) is 3.96. The van der Waals surface area contributed by atoms with Gasteiger partial charge in [-0.2, -0.15) is 23.1 Å². The lowest BCUT2D eigenvalue weighted by Gasteiger charge is -2.11. The van der Waals surface area contributed by atoms with E-state index in [9.17, 15) is 13.2 Å². The predicted octanol–water partition coefficient (Wildman–Crippen LogP) is 7.30. The lowest BCUT2D eigenvalue weighted by Crippen LogP contribution is -2.05. The summed E-state index contributed by atoms with van der Waals surface area (Å²) in [5, 5.41) is 11.9. The van der Waals surface area contributed by atoms with Crippen LogP contribution in [0.5, 0.6) is 11.6 Å². The van der Waals surface area contributed by atoms with Crippen LogP contribution in [0.25, 0.3) is 22.2 Å². The first-order valence-corrected chi connectivity index (χ1v) is 12.8. The minimum atomic E-state index is -4.45. The van der Waals surface area contributed by atoms with Crippen LogP contribution in [0.1, 0.15) is 19.4 Å². The molecule has 5 rings (SSSR count). The summed E-state index contributed by atoms with van der Waals surface area (Å²) in [7, 11) is 0. The second-order valence-electron chi connectivity index (χ2n) is 7.59. The fraction of sp³-hybridized carbons (Fsp3) is 0.154. The molecule has 5 aromatic rings. The summed E-state index contributed by atoms with van der Waals surface area (Å²) in [6.07, 6.45) is -2.60. The van der Waals surface area contributed by atoms with Gasteiger partial charge in [-0.05, 0) is 42.0 Å². The number of anilines is 3. The average Bonchev–Trinajstić information content (AvgIpc) is 3.37. The van der Waals surface area contributed by atoms with Gasteiger partial charge in [-0.3, -0.25) is 5.10 Å². The fourth-order valence-electron chi connectivity index (χ4n) is 3.58. The van der Waals surface area contributed by atoms with E-state index in [-0.39, 0.29) is 11.6 Å². The van der Waals surface area contributed by atoms with Gasteiger partial charge in [0.05, 0.1) is 5.56 Å². The zero-order chi connectivity index (χ0) is 27.3. The number of rotatable bonds is 6. The van der Waals surface area contributed by atoms with Gasteiger partial charge in [-0.15, -0.1) is 5.10 Å². The van der Waals surface area contributed by atoms with E-state index >= 15 is 0 Å². The number of alkyl halides is 3. The van der Waals surface area contributed by atoms with Gasteiger partial charge < -0.3 is 15.8 Å². The molecule has 12 heteroatoms. The number of benzene rings is 3. The van der Waals surface area contributed by atoms with Crippen LogP contribution in [-0.2, 0) is 6.18 Å². The van der Waals surface area contributed by atoms with E-state index in [2.05, 4.69) is 30.5 Å². The van der Waals surface area contributed by atoms with Gasteiger partial charge in [-0.1, -0.05) is 55.9 Å². The van der Waals surface area contributed by atoms with Crippen molar-refractivity contribution in [2.24, 2.45) is 0 Å². The van der Waals surface area contributed by atoms with Gasteiger partial charge in [0.15, 0.2) is 11.0 Å². The molecule has 0 amide bonds. The monoisotopic (exact) mass is 539 g/mol. The summed E-state index contributed by atoms with van der Waals surface area (Å²) in [5.74, 6) is 1.74. The molecule has 4 N–H and O–H groups in total. The number of nitrogens with one attached hydrogen (secondary N) is 2. The number of thioether (sulfide) groups is 1. The third-order valence-corrected chi connectivity index (χ3v) is 5.72. The number of hydrogen-bond acceptors (Lipinski definition) is 8. The number of aromatic amines is 1. The van der Waals surface area contributed by atoms with Crippen molar-refractivity contribution in [2.75, 3.05) is 17.3 Å². The van der Waals surface area contributed by atoms with Crippen LogP contribution < -0.4 is 15.8 Å². The van der Waals surface area contributed by atoms with Crippen LogP contribution in [0.3, 0.4) is 0 Å². The summed E-state index contributed by atoms with van der Waals surface area (Å²) in [4.78, 5) is 12.9. The summed E-state index contributed by atoms with van der Waals surface area (Å²) in [6.45, 7) is 4.00. The highest BCUT2D eigenvalue weighted by Gasteiger charge is 2.30. The van der Waals surface area contributed by atoms with Crippen LogP contribution in [-0.4, -0.2) is 31.4 Å².